The number of morpholine rings is 1. The molecule has 0 radical (unpaired) electrons. The highest BCUT2D eigenvalue weighted by molar-refractivity contribution is 6.31. The quantitative estimate of drug-likeness (QED) is 0.875. The highest BCUT2D eigenvalue weighted by atomic mass is 35.5. The summed E-state index contributed by atoms with van der Waals surface area (Å²) in [5.41, 5.74) is 2.25. The van der Waals surface area contributed by atoms with Crippen molar-refractivity contribution in [3.05, 3.63) is 28.8 Å². The lowest BCUT2D eigenvalue weighted by atomic mass is 10.1. The Kier molecular flexibility index (Phi) is 4.69. The summed E-state index contributed by atoms with van der Waals surface area (Å²) in [4.78, 5) is 2.24. The Morgan fingerprint density at radius 2 is 2.19 bits per heavy atom. The van der Waals surface area contributed by atoms with E-state index in [1.165, 1.54) is 12.8 Å². The van der Waals surface area contributed by atoms with Crippen molar-refractivity contribution in [2.45, 2.75) is 44.6 Å². The lowest BCUT2D eigenvalue weighted by Crippen LogP contribution is -2.48. The van der Waals surface area contributed by atoms with Gasteiger partial charge in [-0.1, -0.05) is 17.7 Å². The van der Waals surface area contributed by atoms with Crippen LogP contribution in [0.4, 0.5) is 5.69 Å². The van der Waals surface area contributed by atoms with Gasteiger partial charge in [-0.25, -0.2) is 0 Å². The molecule has 5 heteroatoms. The highest BCUT2D eigenvalue weighted by Crippen LogP contribution is 2.27. The van der Waals surface area contributed by atoms with Gasteiger partial charge in [-0.15, -0.1) is 0 Å². The van der Waals surface area contributed by atoms with Crippen molar-refractivity contribution in [2.24, 2.45) is 0 Å². The molecule has 3 rings (SSSR count). The molecule has 1 aromatic rings. The van der Waals surface area contributed by atoms with Crippen LogP contribution in [-0.2, 0) is 11.3 Å². The van der Waals surface area contributed by atoms with Gasteiger partial charge in [0.1, 0.15) is 0 Å². The predicted octanol–water partition coefficient (Wildman–Crippen LogP) is 2.18. The standard InChI is InChI=1S/C16H23ClN2O2/c1-11-8-19(9-15(10-20)21-11)14-5-2-12(16(17)6-14)7-18-13-3-4-13/h2,5-6,11,13,15,18,20H,3-4,7-10H2,1H3. The van der Waals surface area contributed by atoms with E-state index in [-0.39, 0.29) is 18.8 Å². The van der Waals surface area contributed by atoms with Gasteiger partial charge in [-0.3, -0.25) is 0 Å². The average molecular weight is 311 g/mol. The summed E-state index contributed by atoms with van der Waals surface area (Å²) in [5.74, 6) is 0. The molecule has 1 aliphatic heterocycles. The number of rotatable bonds is 5. The van der Waals surface area contributed by atoms with Crippen molar-refractivity contribution in [2.75, 3.05) is 24.6 Å². The van der Waals surface area contributed by atoms with E-state index in [9.17, 15) is 5.11 Å². The average Bonchev–Trinajstić information content (AvgIpc) is 3.29. The number of halogens is 1. The van der Waals surface area contributed by atoms with Gasteiger partial charge in [0.05, 0.1) is 18.8 Å². The minimum absolute atomic E-state index is 0.0535. The van der Waals surface area contributed by atoms with Crippen LogP contribution < -0.4 is 10.2 Å². The molecule has 2 fully saturated rings. The first-order valence-corrected chi connectivity index (χ1v) is 8.06. The predicted molar refractivity (Wildman–Crippen MR) is 84.9 cm³/mol. The minimum Gasteiger partial charge on any atom is -0.394 e. The Morgan fingerprint density at radius 1 is 1.38 bits per heavy atom. The van der Waals surface area contributed by atoms with E-state index in [2.05, 4.69) is 22.3 Å². The van der Waals surface area contributed by atoms with Crippen LogP contribution >= 0.6 is 11.6 Å². The summed E-state index contributed by atoms with van der Waals surface area (Å²) in [6.07, 6.45) is 2.56. The third kappa shape index (κ3) is 3.89. The molecule has 0 spiro atoms. The van der Waals surface area contributed by atoms with E-state index in [0.29, 0.717) is 12.6 Å². The normalized spacial score (nSPS) is 26.1. The van der Waals surface area contributed by atoms with Crippen LogP contribution in [0.5, 0.6) is 0 Å². The number of anilines is 1. The molecule has 0 amide bonds. The van der Waals surface area contributed by atoms with E-state index in [1.807, 2.05) is 13.0 Å². The second-order valence-electron chi connectivity index (χ2n) is 6.09. The molecule has 0 aromatic heterocycles. The van der Waals surface area contributed by atoms with Gasteiger partial charge in [0, 0.05) is 36.4 Å². The molecule has 2 atom stereocenters. The first-order chi connectivity index (χ1) is 10.2. The van der Waals surface area contributed by atoms with Crippen LogP contribution in [0.25, 0.3) is 0 Å². The second-order valence-corrected chi connectivity index (χ2v) is 6.49. The number of hydrogen-bond donors (Lipinski definition) is 2. The largest absolute Gasteiger partial charge is 0.394 e. The summed E-state index contributed by atoms with van der Waals surface area (Å²) >= 11 is 6.41. The smallest absolute Gasteiger partial charge is 0.0984 e. The maximum absolute atomic E-state index is 9.31. The highest BCUT2D eigenvalue weighted by Gasteiger charge is 2.25. The number of aliphatic hydroxyl groups is 1. The fraction of sp³-hybridized carbons (Fsp3) is 0.625. The van der Waals surface area contributed by atoms with Gasteiger partial charge in [-0.05, 0) is 37.5 Å². The zero-order chi connectivity index (χ0) is 14.8. The Morgan fingerprint density at radius 3 is 2.86 bits per heavy atom. The number of hydrogen-bond acceptors (Lipinski definition) is 4. The van der Waals surface area contributed by atoms with Crippen LogP contribution in [0.1, 0.15) is 25.3 Å². The molecule has 2 unspecified atom stereocenters. The van der Waals surface area contributed by atoms with E-state index in [0.717, 1.165) is 29.4 Å². The molecule has 21 heavy (non-hydrogen) atoms. The van der Waals surface area contributed by atoms with E-state index in [1.54, 1.807) is 0 Å². The van der Waals surface area contributed by atoms with Gasteiger partial charge in [0.25, 0.3) is 0 Å². The molecular formula is C16H23ClN2O2. The molecule has 1 aliphatic carbocycles. The molecule has 2 aliphatic rings. The Hall–Kier alpha value is -0.810. The summed E-state index contributed by atoms with van der Waals surface area (Å²) in [6, 6.07) is 6.92. The molecule has 4 nitrogen and oxygen atoms in total. The zero-order valence-electron chi connectivity index (χ0n) is 12.4. The first-order valence-electron chi connectivity index (χ1n) is 7.69. The summed E-state index contributed by atoms with van der Waals surface area (Å²) in [5, 5.41) is 13.6. The molecule has 0 bridgehead atoms. The SMILES string of the molecule is CC1CN(c2ccc(CNC3CC3)c(Cl)c2)CC(CO)O1. The monoisotopic (exact) mass is 310 g/mol. The molecule has 116 valence electrons. The molecule has 1 saturated heterocycles. The summed E-state index contributed by atoms with van der Waals surface area (Å²) in [6.45, 7) is 4.45. The number of nitrogens with zero attached hydrogens (tertiary/aromatic N) is 1. The van der Waals surface area contributed by atoms with Crippen LogP contribution in [0.2, 0.25) is 5.02 Å². The van der Waals surface area contributed by atoms with Crippen molar-refractivity contribution >= 4 is 17.3 Å². The third-order valence-corrected chi connectivity index (χ3v) is 4.44. The Labute approximate surface area is 131 Å². The summed E-state index contributed by atoms with van der Waals surface area (Å²) in [7, 11) is 0. The topological polar surface area (TPSA) is 44.7 Å². The van der Waals surface area contributed by atoms with Crippen LogP contribution in [0.3, 0.4) is 0 Å². The minimum atomic E-state index is -0.122. The molecule has 1 aromatic carbocycles. The lowest BCUT2D eigenvalue weighted by molar-refractivity contribution is -0.0421. The van der Waals surface area contributed by atoms with Gasteiger partial charge in [-0.2, -0.15) is 0 Å². The molecule has 2 N–H and O–H groups in total. The van der Waals surface area contributed by atoms with Crippen molar-refractivity contribution < 1.29 is 9.84 Å². The van der Waals surface area contributed by atoms with Gasteiger partial charge in [0.15, 0.2) is 0 Å². The van der Waals surface area contributed by atoms with Crippen LogP contribution in [-0.4, -0.2) is 43.1 Å². The lowest BCUT2D eigenvalue weighted by Gasteiger charge is -2.37. The maximum atomic E-state index is 9.31. The Bertz CT molecular complexity index is 493. The van der Waals surface area contributed by atoms with Gasteiger partial charge >= 0.3 is 0 Å². The van der Waals surface area contributed by atoms with Crippen molar-refractivity contribution in [3.8, 4) is 0 Å². The molecule has 1 heterocycles. The fourth-order valence-corrected chi connectivity index (χ4v) is 3.02. The van der Waals surface area contributed by atoms with Crippen molar-refractivity contribution in [3.63, 3.8) is 0 Å². The second kappa shape index (κ2) is 6.53. The fourth-order valence-electron chi connectivity index (χ4n) is 2.77. The van der Waals surface area contributed by atoms with E-state index in [4.69, 9.17) is 16.3 Å². The van der Waals surface area contributed by atoms with E-state index >= 15 is 0 Å². The molecular weight excluding hydrogens is 288 g/mol. The number of benzene rings is 1. The first kappa shape index (κ1) is 15.1. The number of ether oxygens (including phenoxy) is 1. The van der Waals surface area contributed by atoms with Crippen molar-refractivity contribution in [1.29, 1.82) is 0 Å². The summed E-state index contributed by atoms with van der Waals surface area (Å²) < 4.78 is 5.68. The number of nitrogens with one attached hydrogen (secondary N) is 1. The van der Waals surface area contributed by atoms with E-state index < -0.39 is 0 Å². The maximum Gasteiger partial charge on any atom is 0.0984 e. The third-order valence-electron chi connectivity index (χ3n) is 4.09. The zero-order valence-corrected chi connectivity index (χ0v) is 13.1. The van der Waals surface area contributed by atoms with Crippen LogP contribution in [0.15, 0.2) is 18.2 Å². The Balaban J connectivity index is 1.68. The van der Waals surface area contributed by atoms with Crippen LogP contribution in [0, 0.1) is 0 Å². The number of aliphatic hydroxyl groups excluding tert-OH is 1. The van der Waals surface area contributed by atoms with Crippen molar-refractivity contribution in [1.82, 2.24) is 5.32 Å². The van der Waals surface area contributed by atoms with Gasteiger partial charge in [0.2, 0.25) is 0 Å². The molecule has 1 saturated carbocycles. The van der Waals surface area contributed by atoms with Gasteiger partial charge < -0.3 is 20.1 Å².